The Morgan fingerprint density at radius 2 is 2.36 bits per heavy atom. The van der Waals surface area contributed by atoms with Gasteiger partial charge in [0.25, 0.3) is 0 Å². The summed E-state index contributed by atoms with van der Waals surface area (Å²) < 4.78 is 15.2. The lowest BCUT2D eigenvalue weighted by molar-refractivity contribution is -0.208. The number of rotatable bonds is 4. The largest absolute Gasteiger partial charge is 0.435 e. The molecule has 14 heavy (non-hydrogen) atoms. The van der Waals surface area contributed by atoms with Crippen molar-refractivity contribution in [3.63, 3.8) is 0 Å². The first-order valence-electron chi connectivity index (χ1n) is 4.76. The van der Waals surface area contributed by atoms with Gasteiger partial charge in [0, 0.05) is 12.2 Å². The maximum Gasteiger partial charge on any atom is 0.335 e. The number of carbonyl (C=O) groups is 1. The molecule has 1 saturated heterocycles. The predicted molar refractivity (Wildman–Crippen MR) is 50.4 cm³/mol. The molecule has 0 aromatic heterocycles. The lowest BCUT2D eigenvalue weighted by Crippen LogP contribution is -2.24. The molecule has 1 atom stereocenters. The van der Waals surface area contributed by atoms with Crippen molar-refractivity contribution in [2.24, 2.45) is 0 Å². The van der Waals surface area contributed by atoms with E-state index in [2.05, 4.69) is 6.58 Å². The minimum Gasteiger partial charge on any atom is -0.435 e. The van der Waals surface area contributed by atoms with Gasteiger partial charge in [0.1, 0.15) is 0 Å². The van der Waals surface area contributed by atoms with E-state index in [0.29, 0.717) is 5.57 Å². The Balaban J connectivity index is 2.08. The fourth-order valence-corrected chi connectivity index (χ4v) is 1.13. The fourth-order valence-electron chi connectivity index (χ4n) is 1.13. The van der Waals surface area contributed by atoms with Crippen LogP contribution in [0, 0.1) is 0 Å². The Hall–Kier alpha value is -0.870. The number of esters is 1. The van der Waals surface area contributed by atoms with Crippen LogP contribution in [0.2, 0.25) is 0 Å². The maximum absolute atomic E-state index is 10.9. The van der Waals surface area contributed by atoms with E-state index in [1.807, 2.05) is 0 Å². The van der Waals surface area contributed by atoms with Crippen LogP contribution < -0.4 is 0 Å². The number of hydrogen-bond acceptors (Lipinski definition) is 4. The van der Waals surface area contributed by atoms with Gasteiger partial charge in [0.15, 0.2) is 13.1 Å². The minimum atomic E-state index is -0.430. The van der Waals surface area contributed by atoms with Gasteiger partial charge in [0.05, 0.1) is 0 Å². The van der Waals surface area contributed by atoms with E-state index in [0.717, 1.165) is 25.9 Å². The second kappa shape index (κ2) is 5.78. The van der Waals surface area contributed by atoms with Crippen molar-refractivity contribution in [2.45, 2.75) is 32.5 Å². The number of hydrogen-bond donors (Lipinski definition) is 0. The summed E-state index contributed by atoms with van der Waals surface area (Å²) in [7, 11) is 0. The lowest BCUT2D eigenvalue weighted by Gasteiger charge is -2.22. The summed E-state index contributed by atoms with van der Waals surface area (Å²) in [5, 5.41) is 0. The molecule has 1 aliphatic rings. The van der Waals surface area contributed by atoms with Crippen molar-refractivity contribution in [3.05, 3.63) is 12.2 Å². The van der Waals surface area contributed by atoms with Crippen LogP contribution in [0.1, 0.15) is 26.2 Å². The molecule has 0 radical (unpaired) electrons. The molecule has 0 aromatic carbocycles. The van der Waals surface area contributed by atoms with E-state index in [9.17, 15) is 4.79 Å². The Kier molecular flexibility index (Phi) is 4.62. The summed E-state index contributed by atoms with van der Waals surface area (Å²) in [5.74, 6) is -0.430. The second-order valence-electron chi connectivity index (χ2n) is 3.29. The molecule has 0 aliphatic carbocycles. The van der Waals surface area contributed by atoms with Crippen molar-refractivity contribution in [1.29, 1.82) is 0 Å². The third-order valence-electron chi connectivity index (χ3n) is 1.93. The van der Waals surface area contributed by atoms with Crippen LogP contribution in [0.4, 0.5) is 0 Å². The zero-order chi connectivity index (χ0) is 10.4. The summed E-state index contributed by atoms with van der Waals surface area (Å²) >= 11 is 0. The molecule has 0 aromatic rings. The van der Waals surface area contributed by atoms with Gasteiger partial charge in [-0.05, 0) is 26.2 Å². The highest BCUT2D eigenvalue weighted by Gasteiger charge is 2.14. The Morgan fingerprint density at radius 1 is 1.57 bits per heavy atom. The third-order valence-corrected chi connectivity index (χ3v) is 1.93. The molecule has 1 unspecified atom stereocenters. The molecule has 1 rings (SSSR count). The third kappa shape index (κ3) is 3.89. The van der Waals surface area contributed by atoms with Gasteiger partial charge >= 0.3 is 5.97 Å². The molecular formula is C10H16O4. The van der Waals surface area contributed by atoms with Gasteiger partial charge in [-0.25, -0.2) is 4.79 Å². The zero-order valence-electron chi connectivity index (χ0n) is 8.45. The molecular weight excluding hydrogens is 184 g/mol. The summed E-state index contributed by atoms with van der Waals surface area (Å²) in [5.41, 5.74) is 0.373. The number of ether oxygens (including phenoxy) is 3. The SMILES string of the molecule is C=C(C)C(=O)OCOC1CCCCO1. The summed E-state index contributed by atoms with van der Waals surface area (Å²) in [4.78, 5) is 10.9. The molecule has 0 saturated carbocycles. The molecule has 0 bridgehead atoms. The molecule has 1 fully saturated rings. The van der Waals surface area contributed by atoms with Crippen LogP contribution in [0.3, 0.4) is 0 Å². The van der Waals surface area contributed by atoms with Crippen LogP contribution in [-0.4, -0.2) is 25.7 Å². The Labute approximate surface area is 83.8 Å². The second-order valence-corrected chi connectivity index (χ2v) is 3.29. The summed E-state index contributed by atoms with van der Waals surface area (Å²) in [6.07, 6.45) is 2.82. The van der Waals surface area contributed by atoms with Gasteiger partial charge in [0.2, 0.25) is 0 Å². The van der Waals surface area contributed by atoms with Crippen molar-refractivity contribution >= 4 is 5.97 Å². The van der Waals surface area contributed by atoms with Crippen molar-refractivity contribution in [2.75, 3.05) is 13.4 Å². The minimum absolute atomic E-state index is 0.0592. The average Bonchev–Trinajstić information content (AvgIpc) is 2.19. The van der Waals surface area contributed by atoms with Gasteiger partial charge in [-0.3, -0.25) is 0 Å². The van der Waals surface area contributed by atoms with E-state index in [1.165, 1.54) is 0 Å². The molecule has 4 nitrogen and oxygen atoms in total. The highest BCUT2D eigenvalue weighted by molar-refractivity contribution is 5.86. The normalized spacial score (nSPS) is 21.6. The van der Waals surface area contributed by atoms with E-state index < -0.39 is 5.97 Å². The van der Waals surface area contributed by atoms with Crippen LogP contribution in [-0.2, 0) is 19.0 Å². The topological polar surface area (TPSA) is 44.8 Å². The van der Waals surface area contributed by atoms with Gasteiger partial charge in [-0.2, -0.15) is 0 Å². The van der Waals surface area contributed by atoms with E-state index in [-0.39, 0.29) is 13.1 Å². The summed E-state index contributed by atoms with van der Waals surface area (Å²) in [6.45, 7) is 5.72. The average molecular weight is 200 g/mol. The molecule has 80 valence electrons. The first-order chi connectivity index (χ1) is 6.70. The predicted octanol–water partition coefficient (Wildman–Crippen LogP) is 1.61. The van der Waals surface area contributed by atoms with E-state index in [1.54, 1.807) is 6.92 Å². The first-order valence-corrected chi connectivity index (χ1v) is 4.76. The quantitative estimate of drug-likeness (QED) is 0.393. The van der Waals surface area contributed by atoms with Crippen LogP contribution in [0.15, 0.2) is 12.2 Å². The van der Waals surface area contributed by atoms with E-state index >= 15 is 0 Å². The molecule has 0 spiro atoms. The lowest BCUT2D eigenvalue weighted by atomic mass is 10.2. The van der Waals surface area contributed by atoms with Crippen LogP contribution >= 0.6 is 0 Å². The fraction of sp³-hybridized carbons (Fsp3) is 0.700. The summed E-state index contributed by atoms with van der Waals surface area (Å²) in [6, 6.07) is 0. The smallest absolute Gasteiger partial charge is 0.335 e. The standard InChI is InChI=1S/C10H16O4/c1-8(2)10(11)14-7-13-9-5-3-4-6-12-9/h9H,1,3-7H2,2H3. The van der Waals surface area contributed by atoms with Crippen molar-refractivity contribution in [1.82, 2.24) is 0 Å². The molecule has 1 heterocycles. The highest BCUT2D eigenvalue weighted by Crippen LogP contribution is 2.13. The molecule has 0 amide bonds. The first kappa shape index (κ1) is 11.2. The Bertz CT molecular complexity index is 206. The van der Waals surface area contributed by atoms with Crippen molar-refractivity contribution < 1.29 is 19.0 Å². The molecule has 1 aliphatic heterocycles. The number of carbonyl (C=O) groups excluding carboxylic acids is 1. The van der Waals surface area contributed by atoms with Crippen LogP contribution in [0.25, 0.3) is 0 Å². The van der Waals surface area contributed by atoms with Crippen molar-refractivity contribution in [3.8, 4) is 0 Å². The van der Waals surface area contributed by atoms with E-state index in [4.69, 9.17) is 14.2 Å². The van der Waals surface area contributed by atoms with Gasteiger partial charge in [-0.1, -0.05) is 6.58 Å². The van der Waals surface area contributed by atoms with Gasteiger partial charge in [-0.15, -0.1) is 0 Å². The zero-order valence-corrected chi connectivity index (χ0v) is 8.45. The molecule has 4 heteroatoms. The Morgan fingerprint density at radius 3 is 2.93 bits per heavy atom. The highest BCUT2D eigenvalue weighted by atomic mass is 16.8. The van der Waals surface area contributed by atoms with Crippen LogP contribution in [0.5, 0.6) is 0 Å². The monoisotopic (exact) mass is 200 g/mol. The van der Waals surface area contributed by atoms with Gasteiger partial charge < -0.3 is 14.2 Å². The molecule has 0 N–H and O–H groups in total. The maximum atomic E-state index is 10.9.